The Bertz CT molecular complexity index is 1300. The summed E-state index contributed by atoms with van der Waals surface area (Å²) < 4.78 is 23.0. The van der Waals surface area contributed by atoms with E-state index in [4.69, 9.17) is 4.74 Å². The minimum absolute atomic E-state index is 0.0129. The first-order chi connectivity index (χ1) is 14.9. The first-order valence-corrected chi connectivity index (χ1v) is 9.79. The normalized spacial score (nSPS) is 17.7. The van der Waals surface area contributed by atoms with Gasteiger partial charge in [-0.25, -0.2) is 18.9 Å². The van der Waals surface area contributed by atoms with Gasteiger partial charge in [-0.05, 0) is 25.0 Å². The molecule has 1 N–H and O–H groups in total. The standard InChI is InChI=1S/C21H20FN7O2/c1-11-7-23-20(24-8-11)13-6-14(13)21(30)26-18-5-12-4-15(16(22)10-29(12)27-18)19-17(31-3)9-25-28(19)2/h4-5,7-10,13-14H,6H2,1-3H3,(H,26,27,30). The van der Waals surface area contributed by atoms with Crippen molar-refractivity contribution in [3.63, 3.8) is 0 Å². The number of amides is 1. The number of halogens is 1. The predicted molar refractivity (Wildman–Crippen MR) is 110 cm³/mol. The zero-order chi connectivity index (χ0) is 21.7. The average Bonchev–Trinajstić information content (AvgIpc) is 3.33. The molecule has 4 aromatic rings. The van der Waals surface area contributed by atoms with Crippen LogP contribution in [-0.2, 0) is 11.8 Å². The highest BCUT2D eigenvalue weighted by Gasteiger charge is 2.46. The maximum Gasteiger partial charge on any atom is 0.229 e. The second kappa shape index (κ2) is 7.15. The van der Waals surface area contributed by atoms with E-state index in [0.29, 0.717) is 40.6 Å². The van der Waals surface area contributed by atoms with E-state index in [9.17, 15) is 9.18 Å². The predicted octanol–water partition coefficient (Wildman–Crippen LogP) is 2.72. The van der Waals surface area contributed by atoms with Crippen LogP contribution >= 0.6 is 0 Å². The zero-order valence-electron chi connectivity index (χ0n) is 17.2. The largest absolute Gasteiger partial charge is 0.493 e. The molecule has 0 aromatic carbocycles. The number of pyridine rings is 1. The van der Waals surface area contributed by atoms with Crippen molar-refractivity contribution in [2.45, 2.75) is 19.3 Å². The van der Waals surface area contributed by atoms with Crippen LogP contribution in [0.25, 0.3) is 16.8 Å². The Morgan fingerprint density at radius 1 is 1.26 bits per heavy atom. The molecule has 31 heavy (non-hydrogen) atoms. The van der Waals surface area contributed by atoms with E-state index in [1.54, 1.807) is 36.3 Å². The summed E-state index contributed by atoms with van der Waals surface area (Å²) in [4.78, 5) is 21.3. The summed E-state index contributed by atoms with van der Waals surface area (Å²) in [5.41, 5.74) is 2.46. The Labute approximate surface area is 176 Å². The zero-order valence-corrected chi connectivity index (χ0v) is 17.2. The third-order valence-electron chi connectivity index (χ3n) is 5.44. The SMILES string of the molecule is COc1cnn(C)c1-c1cc2cc(NC(=O)C3CC3c3ncc(C)cn3)nn2cc1F. The molecule has 0 saturated heterocycles. The van der Waals surface area contributed by atoms with E-state index < -0.39 is 5.82 Å². The van der Waals surface area contributed by atoms with Crippen molar-refractivity contribution >= 4 is 17.2 Å². The molecule has 1 aliphatic rings. The molecule has 2 atom stereocenters. The van der Waals surface area contributed by atoms with Crippen LogP contribution in [0.1, 0.15) is 23.7 Å². The lowest BCUT2D eigenvalue weighted by atomic mass is 10.1. The number of methoxy groups -OCH3 is 1. The molecule has 1 aliphatic carbocycles. The number of hydrogen-bond acceptors (Lipinski definition) is 6. The number of aryl methyl sites for hydroxylation is 2. The van der Waals surface area contributed by atoms with Gasteiger partial charge in [-0.15, -0.1) is 5.10 Å². The fourth-order valence-corrected chi connectivity index (χ4v) is 3.71. The molecule has 4 heterocycles. The quantitative estimate of drug-likeness (QED) is 0.532. The topological polar surface area (TPSA) is 99.2 Å². The summed E-state index contributed by atoms with van der Waals surface area (Å²) in [6.45, 7) is 1.92. The van der Waals surface area contributed by atoms with Gasteiger partial charge in [0.25, 0.3) is 0 Å². The second-order valence-electron chi connectivity index (χ2n) is 7.68. The van der Waals surface area contributed by atoms with Crippen LogP contribution in [0.2, 0.25) is 0 Å². The number of anilines is 1. The van der Waals surface area contributed by atoms with Crippen molar-refractivity contribution < 1.29 is 13.9 Å². The molecule has 1 saturated carbocycles. The monoisotopic (exact) mass is 421 g/mol. The number of carbonyl (C=O) groups excluding carboxylic acids is 1. The van der Waals surface area contributed by atoms with Gasteiger partial charge in [0.2, 0.25) is 5.91 Å². The molecule has 5 rings (SSSR count). The fraction of sp³-hybridized carbons (Fsp3) is 0.286. The Kier molecular flexibility index (Phi) is 4.42. The summed E-state index contributed by atoms with van der Waals surface area (Å²) in [6.07, 6.45) is 7.00. The fourth-order valence-electron chi connectivity index (χ4n) is 3.71. The van der Waals surface area contributed by atoms with Crippen LogP contribution in [0.5, 0.6) is 5.75 Å². The average molecular weight is 421 g/mol. The van der Waals surface area contributed by atoms with E-state index in [-0.39, 0.29) is 17.7 Å². The van der Waals surface area contributed by atoms with Crippen LogP contribution in [0.3, 0.4) is 0 Å². The minimum atomic E-state index is -0.478. The maximum atomic E-state index is 14.8. The highest BCUT2D eigenvalue weighted by atomic mass is 19.1. The minimum Gasteiger partial charge on any atom is -0.493 e. The lowest BCUT2D eigenvalue weighted by molar-refractivity contribution is -0.117. The number of nitrogens with one attached hydrogen (secondary N) is 1. The van der Waals surface area contributed by atoms with Gasteiger partial charge in [0.1, 0.15) is 11.5 Å². The van der Waals surface area contributed by atoms with Crippen molar-refractivity contribution in [1.82, 2.24) is 29.4 Å². The smallest absolute Gasteiger partial charge is 0.229 e. The van der Waals surface area contributed by atoms with Crippen molar-refractivity contribution in [2.75, 3.05) is 12.4 Å². The van der Waals surface area contributed by atoms with Crippen LogP contribution in [0.4, 0.5) is 10.2 Å². The third-order valence-corrected chi connectivity index (χ3v) is 5.44. The lowest BCUT2D eigenvalue weighted by Gasteiger charge is -2.07. The number of ether oxygens (including phenoxy) is 1. The van der Waals surface area contributed by atoms with Gasteiger partial charge in [-0.3, -0.25) is 9.48 Å². The summed E-state index contributed by atoms with van der Waals surface area (Å²) in [6, 6.07) is 3.35. The van der Waals surface area contributed by atoms with Crippen LogP contribution in [0, 0.1) is 18.7 Å². The highest BCUT2D eigenvalue weighted by molar-refractivity contribution is 5.95. The van der Waals surface area contributed by atoms with E-state index in [2.05, 4.69) is 25.5 Å². The van der Waals surface area contributed by atoms with Crippen molar-refractivity contribution in [1.29, 1.82) is 0 Å². The molecule has 9 nitrogen and oxygen atoms in total. The van der Waals surface area contributed by atoms with Crippen molar-refractivity contribution in [3.8, 4) is 17.0 Å². The van der Waals surface area contributed by atoms with E-state index in [0.717, 1.165) is 5.56 Å². The Hall–Kier alpha value is -3.82. The number of hydrogen-bond donors (Lipinski definition) is 1. The first-order valence-electron chi connectivity index (χ1n) is 9.79. The van der Waals surface area contributed by atoms with Crippen molar-refractivity contribution in [2.24, 2.45) is 13.0 Å². The molecule has 4 aromatic heterocycles. The molecule has 2 unspecified atom stereocenters. The molecule has 1 fully saturated rings. The van der Waals surface area contributed by atoms with Gasteiger partial charge in [0, 0.05) is 42.9 Å². The summed E-state index contributed by atoms with van der Waals surface area (Å²) in [5.74, 6) is 0.696. The number of carbonyl (C=O) groups is 1. The molecule has 10 heteroatoms. The molecule has 1 amide bonds. The molecule has 0 radical (unpaired) electrons. The van der Waals surface area contributed by atoms with Crippen molar-refractivity contribution in [3.05, 3.63) is 54.1 Å². The molecule has 0 spiro atoms. The van der Waals surface area contributed by atoms with Gasteiger partial charge >= 0.3 is 0 Å². The van der Waals surface area contributed by atoms with Gasteiger partial charge in [-0.2, -0.15) is 5.10 Å². The summed E-state index contributed by atoms with van der Waals surface area (Å²) in [7, 11) is 3.23. The number of rotatable bonds is 5. The van der Waals surface area contributed by atoms with Gasteiger partial charge in [0.05, 0.1) is 25.0 Å². The summed E-state index contributed by atoms with van der Waals surface area (Å²) >= 11 is 0. The molecule has 0 bridgehead atoms. The third kappa shape index (κ3) is 3.39. The second-order valence-corrected chi connectivity index (χ2v) is 7.68. The van der Waals surface area contributed by atoms with Gasteiger partial charge in [-0.1, -0.05) is 0 Å². The molecule has 0 aliphatic heterocycles. The van der Waals surface area contributed by atoms with E-state index in [1.165, 1.54) is 24.0 Å². The van der Waals surface area contributed by atoms with Gasteiger partial charge in [0.15, 0.2) is 17.4 Å². The first kappa shape index (κ1) is 19.2. The van der Waals surface area contributed by atoms with Gasteiger partial charge < -0.3 is 10.1 Å². The number of aromatic nitrogens is 6. The Morgan fingerprint density at radius 3 is 2.77 bits per heavy atom. The number of nitrogens with zero attached hydrogens (tertiary/aromatic N) is 6. The molecule has 158 valence electrons. The Balaban J connectivity index is 1.37. The number of fused-ring (bicyclic) bond motifs is 1. The Morgan fingerprint density at radius 2 is 2.03 bits per heavy atom. The highest BCUT2D eigenvalue weighted by Crippen LogP contribution is 2.46. The molecular formula is C21H20FN7O2. The van der Waals surface area contributed by atoms with Crippen LogP contribution in [-0.4, -0.2) is 42.4 Å². The summed E-state index contributed by atoms with van der Waals surface area (Å²) in [5, 5.41) is 11.2. The molecular weight excluding hydrogens is 401 g/mol. The van der Waals surface area contributed by atoms with Crippen LogP contribution in [0.15, 0.2) is 36.9 Å². The van der Waals surface area contributed by atoms with Crippen LogP contribution < -0.4 is 10.1 Å². The lowest BCUT2D eigenvalue weighted by Crippen LogP contribution is -2.15. The van der Waals surface area contributed by atoms with E-state index >= 15 is 0 Å². The maximum absolute atomic E-state index is 14.8. The van der Waals surface area contributed by atoms with E-state index in [1.807, 2.05) is 6.92 Å².